The summed E-state index contributed by atoms with van der Waals surface area (Å²) in [5, 5.41) is 4.11. The summed E-state index contributed by atoms with van der Waals surface area (Å²) in [4.78, 5) is 15.0. The molecule has 0 aliphatic carbocycles. The molecular weight excluding hydrogens is 324 g/mol. The number of furan rings is 1. The summed E-state index contributed by atoms with van der Waals surface area (Å²) < 4.78 is 5.61. The Bertz CT molecular complexity index is 923. The minimum Gasteiger partial charge on any atom is -0.464 e. The molecular formula is C22H24N2O2. The number of para-hydroxylation sites is 2. The molecule has 2 heterocycles. The van der Waals surface area contributed by atoms with E-state index in [9.17, 15) is 4.79 Å². The highest BCUT2D eigenvalue weighted by Gasteiger charge is 2.16. The summed E-state index contributed by atoms with van der Waals surface area (Å²) in [6.45, 7) is 4.14. The van der Waals surface area contributed by atoms with Gasteiger partial charge in [-0.2, -0.15) is 0 Å². The normalized spacial score (nSPS) is 14.6. The third-order valence-corrected chi connectivity index (χ3v) is 5.04. The number of benzene rings is 2. The maximum Gasteiger partial charge on any atom is 0.228 e. The summed E-state index contributed by atoms with van der Waals surface area (Å²) in [6, 6.07) is 14.2. The largest absolute Gasteiger partial charge is 0.464 e. The molecule has 1 fully saturated rings. The summed E-state index contributed by atoms with van der Waals surface area (Å²) in [5.74, 6) is -0.0160. The Morgan fingerprint density at radius 1 is 1.12 bits per heavy atom. The van der Waals surface area contributed by atoms with Gasteiger partial charge in [0.25, 0.3) is 0 Å². The van der Waals surface area contributed by atoms with Gasteiger partial charge in [0.2, 0.25) is 5.91 Å². The number of nitrogens with zero attached hydrogens (tertiary/aromatic N) is 1. The fourth-order valence-corrected chi connectivity index (χ4v) is 3.68. The standard InChI is InChI=1S/C22H24N2O2/c1-16-9-10-18-17(15-26-21(18)13-16)14-22(25)23-19-7-3-4-8-20(19)24-11-5-2-6-12-24/h3-4,7-10,13,15H,2,5-6,11-12,14H2,1H3,(H,23,25). The summed E-state index contributed by atoms with van der Waals surface area (Å²) in [6.07, 6.45) is 5.72. The first kappa shape index (κ1) is 16.7. The van der Waals surface area contributed by atoms with Crippen molar-refractivity contribution >= 4 is 28.3 Å². The van der Waals surface area contributed by atoms with E-state index in [1.54, 1.807) is 6.26 Å². The summed E-state index contributed by atoms with van der Waals surface area (Å²) in [7, 11) is 0. The second kappa shape index (κ2) is 7.24. The molecule has 2 aromatic carbocycles. The molecule has 0 bridgehead atoms. The lowest BCUT2D eigenvalue weighted by Gasteiger charge is -2.30. The molecule has 26 heavy (non-hydrogen) atoms. The molecule has 134 valence electrons. The Balaban J connectivity index is 1.51. The highest BCUT2D eigenvalue weighted by molar-refractivity contribution is 5.97. The molecule has 0 radical (unpaired) electrons. The van der Waals surface area contributed by atoms with Crippen LogP contribution in [0.5, 0.6) is 0 Å². The molecule has 1 aliphatic rings. The minimum absolute atomic E-state index is 0.0160. The molecule has 4 heteroatoms. The predicted octanol–water partition coefficient (Wildman–Crippen LogP) is 4.91. The molecule has 4 nitrogen and oxygen atoms in total. The van der Waals surface area contributed by atoms with Crippen LogP contribution in [0.4, 0.5) is 11.4 Å². The van der Waals surface area contributed by atoms with Gasteiger partial charge in [-0.3, -0.25) is 4.79 Å². The van der Waals surface area contributed by atoms with Gasteiger partial charge in [-0.25, -0.2) is 0 Å². The van der Waals surface area contributed by atoms with E-state index in [-0.39, 0.29) is 5.91 Å². The van der Waals surface area contributed by atoms with Gasteiger partial charge in [-0.1, -0.05) is 24.3 Å². The van der Waals surface area contributed by atoms with Crippen LogP contribution in [0.3, 0.4) is 0 Å². The lowest BCUT2D eigenvalue weighted by molar-refractivity contribution is -0.115. The number of amides is 1. The molecule has 1 saturated heterocycles. The number of aryl methyl sites for hydroxylation is 1. The van der Waals surface area contributed by atoms with E-state index in [0.29, 0.717) is 6.42 Å². The summed E-state index contributed by atoms with van der Waals surface area (Å²) >= 11 is 0. The van der Waals surface area contributed by atoms with E-state index >= 15 is 0 Å². The van der Waals surface area contributed by atoms with Crippen molar-refractivity contribution < 1.29 is 9.21 Å². The van der Waals surface area contributed by atoms with E-state index < -0.39 is 0 Å². The monoisotopic (exact) mass is 348 g/mol. The van der Waals surface area contributed by atoms with E-state index in [4.69, 9.17) is 4.42 Å². The number of anilines is 2. The highest BCUT2D eigenvalue weighted by Crippen LogP contribution is 2.29. The Labute approximate surface area is 153 Å². The van der Waals surface area contributed by atoms with Gasteiger partial charge in [-0.05, 0) is 49.9 Å². The number of rotatable bonds is 4. The molecule has 1 N–H and O–H groups in total. The van der Waals surface area contributed by atoms with Crippen molar-refractivity contribution in [3.8, 4) is 0 Å². The van der Waals surface area contributed by atoms with Crippen LogP contribution in [0.15, 0.2) is 53.1 Å². The average Bonchev–Trinajstić information content (AvgIpc) is 3.04. The van der Waals surface area contributed by atoms with Crippen LogP contribution in [0.25, 0.3) is 11.0 Å². The van der Waals surface area contributed by atoms with Crippen LogP contribution in [0.2, 0.25) is 0 Å². The fraction of sp³-hybridized carbons (Fsp3) is 0.318. The Kier molecular flexibility index (Phi) is 4.65. The van der Waals surface area contributed by atoms with Gasteiger partial charge in [-0.15, -0.1) is 0 Å². The van der Waals surface area contributed by atoms with E-state index in [2.05, 4.69) is 16.3 Å². The molecule has 1 aliphatic heterocycles. The van der Waals surface area contributed by atoms with E-state index in [1.165, 1.54) is 19.3 Å². The third-order valence-electron chi connectivity index (χ3n) is 5.04. The van der Waals surface area contributed by atoms with Gasteiger partial charge < -0.3 is 14.6 Å². The van der Waals surface area contributed by atoms with E-state index in [0.717, 1.165) is 46.6 Å². The minimum atomic E-state index is -0.0160. The first-order chi connectivity index (χ1) is 12.7. The SMILES string of the molecule is Cc1ccc2c(CC(=O)Nc3ccccc3N3CCCCC3)coc2c1. The number of carbonyl (C=O) groups excluding carboxylic acids is 1. The zero-order valence-corrected chi connectivity index (χ0v) is 15.1. The molecule has 0 saturated carbocycles. The quantitative estimate of drug-likeness (QED) is 0.728. The van der Waals surface area contributed by atoms with Crippen LogP contribution < -0.4 is 10.2 Å². The Hall–Kier alpha value is -2.75. The van der Waals surface area contributed by atoms with Crippen molar-refractivity contribution in [2.24, 2.45) is 0 Å². The highest BCUT2D eigenvalue weighted by atomic mass is 16.3. The second-order valence-corrected chi connectivity index (χ2v) is 7.05. The Morgan fingerprint density at radius 3 is 2.77 bits per heavy atom. The van der Waals surface area contributed by atoms with Gasteiger partial charge >= 0.3 is 0 Å². The number of hydrogen-bond donors (Lipinski definition) is 1. The van der Waals surface area contributed by atoms with Crippen LogP contribution in [0.1, 0.15) is 30.4 Å². The number of nitrogens with one attached hydrogen (secondary N) is 1. The van der Waals surface area contributed by atoms with Crippen LogP contribution >= 0.6 is 0 Å². The molecule has 0 atom stereocenters. The topological polar surface area (TPSA) is 45.5 Å². The van der Waals surface area contributed by atoms with Gasteiger partial charge in [0, 0.05) is 24.0 Å². The maximum atomic E-state index is 12.7. The zero-order chi connectivity index (χ0) is 17.9. The number of hydrogen-bond acceptors (Lipinski definition) is 3. The van der Waals surface area contributed by atoms with Crippen molar-refractivity contribution in [3.63, 3.8) is 0 Å². The molecule has 4 rings (SSSR count). The lowest BCUT2D eigenvalue weighted by atomic mass is 10.1. The zero-order valence-electron chi connectivity index (χ0n) is 15.1. The van der Waals surface area contributed by atoms with E-state index in [1.807, 2.05) is 43.3 Å². The van der Waals surface area contributed by atoms with Crippen molar-refractivity contribution in [1.29, 1.82) is 0 Å². The molecule has 0 unspecified atom stereocenters. The third kappa shape index (κ3) is 3.45. The van der Waals surface area contributed by atoms with Crippen LogP contribution in [-0.4, -0.2) is 19.0 Å². The van der Waals surface area contributed by atoms with Crippen molar-refractivity contribution in [3.05, 3.63) is 59.9 Å². The number of carbonyl (C=O) groups is 1. The molecule has 0 spiro atoms. The number of piperidine rings is 1. The van der Waals surface area contributed by atoms with Gasteiger partial charge in [0.05, 0.1) is 24.1 Å². The smallest absolute Gasteiger partial charge is 0.228 e. The predicted molar refractivity (Wildman–Crippen MR) is 106 cm³/mol. The molecule has 3 aromatic rings. The molecule has 1 aromatic heterocycles. The average molecular weight is 348 g/mol. The first-order valence-corrected chi connectivity index (χ1v) is 9.31. The molecule has 1 amide bonds. The Morgan fingerprint density at radius 2 is 1.92 bits per heavy atom. The van der Waals surface area contributed by atoms with Crippen LogP contribution in [0, 0.1) is 6.92 Å². The number of fused-ring (bicyclic) bond motifs is 1. The van der Waals surface area contributed by atoms with Gasteiger partial charge in [0.1, 0.15) is 5.58 Å². The first-order valence-electron chi connectivity index (χ1n) is 9.31. The fourth-order valence-electron chi connectivity index (χ4n) is 3.68. The summed E-state index contributed by atoms with van der Waals surface area (Å²) in [5.41, 5.74) is 4.92. The van der Waals surface area contributed by atoms with Crippen LogP contribution in [-0.2, 0) is 11.2 Å². The van der Waals surface area contributed by atoms with Crippen molar-refractivity contribution in [2.45, 2.75) is 32.6 Å². The van der Waals surface area contributed by atoms with Crippen molar-refractivity contribution in [1.82, 2.24) is 0 Å². The lowest BCUT2D eigenvalue weighted by Crippen LogP contribution is -2.30. The maximum absolute atomic E-state index is 12.7. The van der Waals surface area contributed by atoms with Gasteiger partial charge in [0.15, 0.2) is 0 Å². The second-order valence-electron chi connectivity index (χ2n) is 7.05. The van der Waals surface area contributed by atoms with Crippen molar-refractivity contribution in [2.75, 3.05) is 23.3 Å².